The van der Waals surface area contributed by atoms with Crippen LogP contribution in [0.1, 0.15) is 10.4 Å². The van der Waals surface area contributed by atoms with Gasteiger partial charge in [0, 0.05) is 0 Å². The van der Waals surface area contributed by atoms with Crippen LogP contribution in [0.5, 0.6) is 0 Å². The third-order valence-corrected chi connectivity index (χ3v) is 1.51. The Bertz CT molecular complexity index is 498. The molecule has 12 heteroatoms. The van der Waals surface area contributed by atoms with E-state index in [1.807, 2.05) is 0 Å². The lowest BCUT2D eigenvalue weighted by Gasteiger charge is -1.93. The smallest absolute Gasteiger partial charge is 0.478 e. The van der Waals surface area contributed by atoms with Gasteiger partial charge in [0.05, 0.1) is 5.56 Å². The van der Waals surface area contributed by atoms with Gasteiger partial charge < -0.3 is 15.3 Å². The summed E-state index contributed by atoms with van der Waals surface area (Å²) in [6.45, 7) is 0. The minimum atomic E-state index is -5.08. The number of aliphatic carboxylic acids is 2. The predicted octanol–water partition coefficient (Wildman–Crippen LogP) is 2.65. The Morgan fingerprint density at radius 3 is 1.09 bits per heavy atom. The number of carbonyl (C=O) groups is 3. The number of aromatic carboxylic acids is 1. The predicted molar refractivity (Wildman–Crippen MR) is 60.8 cm³/mol. The summed E-state index contributed by atoms with van der Waals surface area (Å²) in [7, 11) is 0. The van der Waals surface area contributed by atoms with Crippen LogP contribution in [0.25, 0.3) is 0 Å². The van der Waals surface area contributed by atoms with Gasteiger partial charge in [0.25, 0.3) is 0 Å². The fourth-order valence-electron chi connectivity index (χ4n) is 0.581. The van der Waals surface area contributed by atoms with Gasteiger partial charge in [-0.2, -0.15) is 26.3 Å². The number of benzene rings is 1. The number of hydrogen-bond donors (Lipinski definition) is 3. The summed E-state index contributed by atoms with van der Waals surface area (Å²) in [6, 6.07) is 8.30. The van der Waals surface area contributed by atoms with Gasteiger partial charge in [-0.3, -0.25) is 0 Å². The van der Waals surface area contributed by atoms with Crippen LogP contribution in [-0.2, 0) is 9.59 Å². The topological polar surface area (TPSA) is 112 Å². The fraction of sp³-hybridized carbons (Fsp3) is 0.182. The Balaban J connectivity index is 0. The summed E-state index contributed by atoms with van der Waals surface area (Å²) in [5.41, 5.74) is 0.331. The summed E-state index contributed by atoms with van der Waals surface area (Å²) >= 11 is 0. The van der Waals surface area contributed by atoms with Crippen LogP contribution in [0.15, 0.2) is 30.3 Å². The highest BCUT2D eigenvalue weighted by molar-refractivity contribution is 5.87. The molecule has 0 bridgehead atoms. The molecule has 0 atom stereocenters. The molecule has 1 aromatic carbocycles. The maximum absolute atomic E-state index is 10.6. The fourth-order valence-corrected chi connectivity index (χ4v) is 0.581. The molecule has 0 fully saturated rings. The minimum absolute atomic E-state index is 0.331. The standard InChI is InChI=1S/C7H6O2.2C2HF3O2/c8-7(9)6-4-2-1-3-5-6;2*3-2(4,5)1(6)7/h1-5H,(H,8,9);2*(H,6,7). The lowest BCUT2D eigenvalue weighted by atomic mass is 10.2. The van der Waals surface area contributed by atoms with Gasteiger partial charge in [0.15, 0.2) is 0 Å². The molecule has 0 unspecified atom stereocenters. The molecule has 0 aliphatic carbocycles. The highest BCUT2D eigenvalue weighted by atomic mass is 19.4. The van der Waals surface area contributed by atoms with Crippen molar-refractivity contribution in [2.45, 2.75) is 12.4 Å². The molecule has 0 amide bonds. The molecule has 0 heterocycles. The number of carboxylic acid groups (broad SMARTS) is 3. The van der Waals surface area contributed by atoms with E-state index in [4.69, 9.17) is 24.9 Å². The zero-order chi connectivity index (χ0) is 18.8. The van der Waals surface area contributed by atoms with Gasteiger partial charge in [-0.15, -0.1) is 0 Å². The Morgan fingerprint density at radius 1 is 0.696 bits per heavy atom. The van der Waals surface area contributed by atoms with Gasteiger partial charge in [0.1, 0.15) is 0 Å². The molecule has 6 nitrogen and oxygen atoms in total. The first-order chi connectivity index (χ1) is 10.2. The zero-order valence-corrected chi connectivity index (χ0v) is 10.7. The number of rotatable bonds is 1. The van der Waals surface area contributed by atoms with Gasteiger partial charge in [-0.1, -0.05) is 18.2 Å². The maximum Gasteiger partial charge on any atom is 0.490 e. The van der Waals surface area contributed by atoms with Crippen molar-refractivity contribution in [2.75, 3.05) is 0 Å². The molecule has 1 rings (SSSR count). The van der Waals surface area contributed by atoms with E-state index in [2.05, 4.69) is 0 Å². The summed E-state index contributed by atoms with van der Waals surface area (Å²) in [5.74, 6) is -6.39. The Morgan fingerprint density at radius 2 is 0.957 bits per heavy atom. The van der Waals surface area contributed by atoms with E-state index in [-0.39, 0.29) is 0 Å². The van der Waals surface area contributed by atoms with Gasteiger partial charge >= 0.3 is 30.3 Å². The van der Waals surface area contributed by atoms with E-state index in [0.29, 0.717) is 5.56 Å². The second kappa shape index (κ2) is 9.27. The van der Waals surface area contributed by atoms with Crippen molar-refractivity contribution in [1.29, 1.82) is 0 Å². The van der Waals surface area contributed by atoms with Gasteiger partial charge in [0.2, 0.25) is 0 Å². The van der Waals surface area contributed by atoms with Crippen LogP contribution in [0.3, 0.4) is 0 Å². The number of hydrogen-bond acceptors (Lipinski definition) is 3. The SMILES string of the molecule is O=C(O)C(F)(F)F.O=C(O)C(F)(F)F.O=C(O)c1ccccc1. The summed E-state index contributed by atoms with van der Waals surface area (Å²) in [5, 5.41) is 22.6. The van der Waals surface area contributed by atoms with E-state index < -0.39 is 30.3 Å². The highest BCUT2D eigenvalue weighted by Crippen LogP contribution is 2.13. The maximum atomic E-state index is 10.6. The van der Waals surface area contributed by atoms with Crippen LogP contribution < -0.4 is 0 Å². The molecule has 1 aromatic rings. The molecule has 0 aromatic heterocycles. The molecule has 0 aliphatic rings. The van der Waals surface area contributed by atoms with Gasteiger partial charge in [-0.05, 0) is 12.1 Å². The average molecular weight is 350 g/mol. The van der Waals surface area contributed by atoms with E-state index in [0.717, 1.165) is 0 Å². The van der Waals surface area contributed by atoms with Gasteiger partial charge in [-0.25, -0.2) is 14.4 Å². The van der Waals surface area contributed by atoms with E-state index >= 15 is 0 Å². The summed E-state index contributed by atoms with van der Waals surface area (Å²) in [4.78, 5) is 28.0. The third kappa shape index (κ3) is 12.6. The first-order valence-electron chi connectivity index (χ1n) is 5.08. The second-order valence-corrected chi connectivity index (χ2v) is 3.28. The number of halogens is 6. The molecule has 130 valence electrons. The monoisotopic (exact) mass is 350 g/mol. The summed E-state index contributed by atoms with van der Waals surface area (Å²) in [6.07, 6.45) is -10.2. The van der Waals surface area contributed by atoms with Crippen molar-refractivity contribution < 1.29 is 56.0 Å². The largest absolute Gasteiger partial charge is 0.490 e. The minimum Gasteiger partial charge on any atom is -0.478 e. The molecule has 0 saturated heterocycles. The Labute approximate surface area is 123 Å². The second-order valence-electron chi connectivity index (χ2n) is 3.28. The molecule has 3 N–H and O–H groups in total. The zero-order valence-electron chi connectivity index (χ0n) is 10.7. The first-order valence-corrected chi connectivity index (χ1v) is 5.08. The van der Waals surface area contributed by atoms with Crippen LogP contribution in [0, 0.1) is 0 Å². The highest BCUT2D eigenvalue weighted by Gasteiger charge is 2.38. The van der Waals surface area contributed by atoms with Crippen molar-refractivity contribution in [2.24, 2.45) is 0 Å². The van der Waals surface area contributed by atoms with Crippen molar-refractivity contribution in [3.05, 3.63) is 35.9 Å². The molecular weight excluding hydrogens is 342 g/mol. The summed E-state index contributed by atoms with van der Waals surface area (Å²) < 4.78 is 63.5. The molecule has 0 saturated carbocycles. The normalized spacial score (nSPS) is 10.3. The van der Waals surface area contributed by atoms with Crippen molar-refractivity contribution >= 4 is 17.9 Å². The molecular formula is C11H8F6O6. The Kier molecular flexibility index (Phi) is 9.07. The molecule has 0 spiro atoms. The van der Waals surface area contributed by atoms with E-state index in [1.54, 1.807) is 30.3 Å². The quantitative estimate of drug-likeness (QED) is 0.672. The lowest BCUT2D eigenvalue weighted by molar-refractivity contribution is -0.193. The van der Waals surface area contributed by atoms with Crippen LogP contribution in [-0.4, -0.2) is 45.6 Å². The molecule has 0 aliphatic heterocycles. The van der Waals surface area contributed by atoms with Crippen LogP contribution >= 0.6 is 0 Å². The molecule has 0 radical (unpaired) electrons. The molecule has 23 heavy (non-hydrogen) atoms. The van der Waals surface area contributed by atoms with E-state index in [1.165, 1.54) is 0 Å². The average Bonchev–Trinajstić information content (AvgIpc) is 2.38. The number of carboxylic acids is 3. The first kappa shape index (κ1) is 22.5. The van der Waals surface area contributed by atoms with E-state index in [9.17, 15) is 31.1 Å². The van der Waals surface area contributed by atoms with Crippen molar-refractivity contribution in [1.82, 2.24) is 0 Å². The Hall–Kier alpha value is -2.79. The van der Waals surface area contributed by atoms with Crippen LogP contribution in [0.4, 0.5) is 26.3 Å². The van der Waals surface area contributed by atoms with Crippen molar-refractivity contribution in [3.8, 4) is 0 Å². The third-order valence-electron chi connectivity index (χ3n) is 1.51. The number of alkyl halides is 6. The van der Waals surface area contributed by atoms with Crippen molar-refractivity contribution in [3.63, 3.8) is 0 Å². The lowest BCUT2D eigenvalue weighted by Crippen LogP contribution is -2.21. The van der Waals surface area contributed by atoms with Crippen LogP contribution in [0.2, 0.25) is 0 Å².